The summed E-state index contributed by atoms with van der Waals surface area (Å²) in [6.07, 6.45) is 5.29. The van der Waals surface area contributed by atoms with E-state index in [1.807, 2.05) is 35.0 Å². The minimum Gasteiger partial charge on any atom is -0.337 e. The van der Waals surface area contributed by atoms with Crippen molar-refractivity contribution in [3.8, 4) is 0 Å². The van der Waals surface area contributed by atoms with Crippen LogP contribution in [0.4, 0.5) is 10.1 Å². The topological polar surface area (TPSA) is 54.3 Å². The molecule has 1 aliphatic heterocycles. The van der Waals surface area contributed by atoms with Crippen molar-refractivity contribution in [2.45, 2.75) is 6.54 Å². The molecule has 0 saturated carbocycles. The SMILES string of the molecule is C=CCN1C(=O)C(=Cc2cn(CC(=O)Nc3ccc(F)cc3)c3ccccc23)SC1=S. The van der Waals surface area contributed by atoms with Crippen molar-refractivity contribution in [3.63, 3.8) is 0 Å². The Balaban J connectivity index is 1.61. The molecule has 1 saturated heterocycles. The highest BCUT2D eigenvalue weighted by atomic mass is 32.2. The average Bonchev–Trinajstić information content (AvgIpc) is 3.22. The summed E-state index contributed by atoms with van der Waals surface area (Å²) in [5.74, 6) is -0.755. The quantitative estimate of drug-likeness (QED) is 0.332. The van der Waals surface area contributed by atoms with E-state index in [-0.39, 0.29) is 24.2 Å². The first-order valence-corrected chi connectivity index (χ1v) is 10.7. The number of carbonyl (C=O) groups excluding carboxylic acids is 2. The molecule has 0 bridgehead atoms. The Bertz CT molecular complexity index is 1230. The zero-order valence-corrected chi connectivity index (χ0v) is 18.0. The molecule has 156 valence electrons. The van der Waals surface area contributed by atoms with Crippen molar-refractivity contribution in [2.75, 3.05) is 11.9 Å². The molecule has 0 aliphatic carbocycles. The van der Waals surface area contributed by atoms with Gasteiger partial charge in [0.1, 0.15) is 16.7 Å². The van der Waals surface area contributed by atoms with Gasteiger partial charge in [-0.1, -0.05) is 48.3 Å². The Morgan fingerprint density at radius 3 is 2.68 bits per heavy atom. The van der Waals surface area contributed by atoms with Gasteiger partial charge in [0.25, 0.3) is 5.91 Å². The summed E-state index contributed by atoms with van der Waals surface area (Å²) >= 11 is 6.56. The predicted octanol–water partition coefficient (Wildman–Crippen LogP) is 4.81. The van der Waals surface area contributed by atoms with Crippen LogP contribution in [0.25, 0.3) is 17.0 Å². The first kappa shape index (κ1) is 21.0. The van der Waals surface area contributed by atoms with Crippen LogP contribution in [-0.4, -0.2) is 32.1 Å². The number of aromatic nitrogens is 1. The maximum atomic E-state index is 13.1. The number of thiocarbonyl (C=S) groups is 1. The summed E-state index contributed by atoms with van der Waals surface area (Å²) in [4.78, 5) is 27.2. The maximum Gasteiger partial charge on any atom is 0.266 e. The fourth-order valence-electron chi connectivity index (χ4n) is 3.34. The zero-order valence-electron chi connectivity index (χ0n) is 16.4. The van der Waals surface area contributed by atoms with Gasteiger partial charge in [-0.3, -0.25) is 14.5 Å². The lowest BCUT2D eigenvalue weighted by Gasteiger charge is -2.10. The lowest BCUT2D eigenvalue weighted by molar-refractivity contribution is -0.121. The second-order valence-electron chi connectivity index (χ2n) is 6.87. The summed E-state index contributed by atoms with van der Waals surface area (Å²) in [5.41, 5.74) is 2.21. The van der Waals surface area contributed by atoms with E-state index in [2.05, 4.69) is 11.9 Å². The Kier molecular flexibility index (Phi) is 6.01. The van der Waals surface area contributed by atoms with Gasteiger partial charge in [-0.15, -0.1) is 6.58 Å². The number of nitrogens with one attached hydrogen (secondary N) is 1. The van der Waals surface area contributed by atoms with Gasteiger partial charge in [0.15, 0.2) is 0 Å². The first-order valence-electron chi connectivity index (χ1n) is 9.46. The summed E-state index contributed by atoms with van der Waals surface area (Å²) in [7, 11) is 0. The van der Waals surface area contributed by atoms with Crippen molar-refractivity contribution in [2.24, 2.45) is 0 Å². The fraction of sp³-hybridized carbons (Fsp3) is 0.0870. The molecular formula is C23H18FN3O2S2. The highest BCUT2D eigenvalue weighted by molar-refractivity contribution is 8.26. The molecule has 3 aromatic rings. The normalized spacial score (nSPS) is 15.1. The Morgan fingerprint density at radius 2 is 1.94 bits per heavy atom. The van der Waals surface area contributed by atoms with Crippen LogP contribution in [0.5, 0.6) is 0 Å². The van der Waals surface area contributed by atoms with Crippen LogP contribution in [-0.2, 0) is 16.1 Å². The first-order chi connectivity index (χ1) is 15.0. The third-order valence-electron chi connectivity index (χ3n) is 4.73. The maximum absolute atomic E-state index is 13.1. The van der Waals surface area contributed by atoms with Gasteiger partial charge in [-0.2, -0.15) is 0 Å². The lowest BCUT2D eigenvalue weighted by atomic mass is 10.1. The average molecular weight is 452 g/mol. The molecule has 1 aliphatic rings. The summed E-state index contributed by atoms with van der Waals surface area (Å²) in [5, 5.41) is 3.69. The van der Waals surface area contributed by atoms with E-state index in [0.29, 0.717) is 21.5 Å². The number of rotatable bonds is 6. The zero-order chi connectivity index (χ0) is 22.0. The molecule has 1 aromatic heterocycles. The largest absolute Gasteiger partial charge is 0.337 e. The molecule has 31 heavy (non-hydrogen) atoms. The molecular weight excluding hydrogens is 433 g/mol. The van der Waals surface area contributed by atoms with Crippen LogP contribution in [0.15, 0.2) is 72.3 Å². The van der Waals surface area contributed by atoms with Crippen LogP contribution in [0.1, 0.15) is 5.56 Å². The Labute approximate surface area is 188 Å². The smallest absolute Gasteiger partial charge is 0.266 e. The van der Waals surface area contributed by atoms with Crippen LogP contribution in [0, 0.1) is 5.82 Å². The van der Waals surface area contributed by atoms with Crippen molar-refractivity contribution in [1.29, 1.82) is 0 Å². The van der Waals surface area contributed by atoms with Gasteiger partial charge in [0.2, 0.25) is 5.91 Å². The van der Waals surface area contributed by atoms with Crippen LogP contribution >= 0.6 is 24.0 Å². The van der Waals surface area contributed by atoms with Gasteiger partial charge in [0, 0.05) is 34.9 Å². The number of hydrogen-bond acceptors (Lipinski definition) is 4. The third-order valence-corrected chi connectivity index (χ3v) is 6.11. The van der Waals surface area contributed by atoms with E-state index in [1.165, 1.54) is 40.9 Å². The summed E-state index contributed by atoms with van der Waals surface area (Å²) in [6, 6.07) is 13.3. The number of nitrogens with zero attached hydrogens (tertiary/aromatic N) is 2. The molecule has 1 fully saturated rings. The number of anilines is 1. The highest BCUT2D eigenvalue weighted by Gasteiger charge is 2.31. The number of benzene rings is 2. The summed E-state index contributed by atoms with van der Waals surface area (Å²) < 4.78 is 15.4. The van der Waals surface area contributed by atoms with Crippen molar-refractivity contribution >= 4 is 62.8 Å². The molecule has 4 rings (SSSR count). The van der Waals surface area contributed by atoms with E-state index in [1.54, 1.807) is 12.2 Å². The van der Waals surface area contributed by atoms with Crippen LogP contribution in [0.2, 0.25) is 0 Å². The third kappa shape index (κ3) is 4.45. The summed E-state index contributed by atoms with van der Waals surface area (Å²) in [6.45, 7) is 4.11. The molecule has 1 N–H and O–H groups in total. The molecule has 0 unspecified atom stereocenters. The van der Waals surface area contributed by atoms with E-state index < -0.39 is 0 Å². The molecule has 2 aromatic carbocycles. The number of halogens is 1. The molecule has 2 amide bonds. The number of para-hydroxylation sites is 1. The van der Waals surface area contributed by atoms with Gasteiger partial charge >= 0.3 is 0 Å². The molecule has 0 atom stereocenters. The minimum atomic E-state index is -0.363. The standard InChI is InChI=1S/C23H18FN3O2S2/c1-2-11-27-22(29)20(31-23(27)30)12-15-13-26(19-6-4-3-5-18(15)19)14-21(28)25-17-9-7-16(24)8-10-17/h2-10,12-13H,1,11,14H2,(H,25,28). The van der Waals surface area contributed by atoms with Crippen LogP contribution < -0.4 is 5.32 Å². The number of thioether (sulfide) groups is 1. The Hall–Kier alpha value is -3.23. The Morgan fingerprint density at radius 1 is 1.19 bits per heavy atom. The predicted molar refractivity (Wildman–Crippen MR) is 127 cm³/mol. The van der Waals surface area contributed by atoms with E-state index in [9.17, 15) is 14.0 Å². The van der Waals surface area contributed by atoms with Crippen molar-refractivity contribution in [3.05, 3.63) is 83.7 Å². The number of hydrogen-bond donors (Lipinski definition) is 1. The van der Waals surface area contributed by atoms with E-state index >= 15 is 0 Å². The lowest BCUT2D eigenvalue weighted by Crippen LogP contribution is -2.27. The monoisotopic (exact) mass is 451 g/mol. The number of fused-ring (bicyclic) bond motifs is 1. The van der Waals surface area contributed by atoms with Crippen molar-refractivity contribution in [1.82, 2.24) is 9.47 Å². The van der Waals surface area contributed by atoms with Crippen LogP contribution in [0.3, 0.4) is 0 Å². The molecule has 2 heterocycles. The van der Waals surface area contributed by atoms with Crippen molar-refractivity contribution < 1.29 is 14.0 Å². The van der Waals surface area contributed by atoms with Gasteiger partial charge in [0.05, 0.1) is 4.91 Å². The number of carbonyl (C=O) groups is 2. The molecule has 0 radical (unpaired) electrons. The second-order valence-corrected chi connectivity index (χ2v) is 8.54. The van der Waals surface area contributed by atoms with Gasteiger partial charge < -0.3 is 9.88 Å². The highest BCUT2D eigenvalue weighted by Crippen LogP contribution is 2.34. The number of amides is 2. The van der Waals surface area contributed by atoms with Gasteiger partial charge in [-0.05, 0) is 36.4 Å². The molecule has 8 heteroatoms. The molecule has 0 spiro atoms. The fourth-order valence-corrected chi connectivity index (χ4v) is 4.60. The van der Waals surface area contributed by atoms with E-state index in [0.717, 1.165) is 16.5 Å². The minimum absolute atomic E-state index is 0.0726. The second kappa shape index (κ2) is 8.87. The molecule has 5 nitrogen and oxygen atoms in total. The van der Waals surface area contributed by atoms with Gasteiger partial charge in [-0.25, -0.2) is 4.39 Å². The van der Waals surface area contributed by atoms with E-state index in [4.69, 9.17) is 12.2 Å².